The Morgan fingerprint density at radius 2 is 1.64 bits per heavy atom. The van der Waals surface area contributed by atoms with E-state index in [0.717, 1.165) is 30.2 Å². The molecule has 0 saturated carbocycles. The standard InChI is InChI=1S/C27H29BrN2O3/c1-2-3-5-13-26(31)29-22-11-8-12-23(19-22)30-27(32)24-18-21(28)14-15-25(24)33-17-16-20-9-6-4-7-10-20/h4,6-12,14-15,18-19H,2-3,5,13,16-17H2,1H3,(H,29,31)(H,30,32). The zero-order valence-corrected chi connectivity index (χ0v) is 20.4. The summed E-state index contributed by atoms with van der Waals surface area (Å²) in [6, 6.07) is 22.6. The maximum Gasteiger partial charge on any atom is 0.259 e. The van der Waals surface area contributed by atoms with Gasteiger partial charge in [0.1, 0.15) is 5.75 Å². The molecule has 2 N–H and O–H groups in total. The summed E-state index contributed by atoms with van der Waals surface area (Å²) in [5.74, 6) is 0.220. The molecule has 0 heterocycles. The minimum absolute atomic E-state index is 0.0204. The highest BCUT2D eigenvalue weighted by atomic mass is 79.9. The smallest absolute Gasteiger partial charge is 0.259 e. The second-order valence-electron chi connectivity index (χ2n) is 7.76. The lowest BCUT2D eigenvalue weighted by molar-refractivity contribution is -0.116. The second kappa shape index (κ2) is 12.8. The van der Waals surface area contributed by atoms with Crippen LogP contribution >= 0.6 is 15.9 Å². The van der Waals surface area contributed by atoms with Gasteiger partial charge in [-0.25, -0.2) is 0 Å². The van der Waals surface area contributed by atoms with Crippen molar-refractivity contribution >= 4 is 39.1 Å². The van der Waals surface area contributed by atoms with E-state index in [0.29, 0.717) is 35.7 Å². The van der Waals surface area contributed by atoms with Crippen LogP contribution in [0.25, 0.3) is 0 Å². The SMILES string of the molecule is CCCCCC(=O)Nc1cccc(NC(=O)c2cc(Br)ccc2OCCc2ccccc2)c1. The van der Waals surface area contributed by atoms with Crippen LogP contribution in [0.1, 0.15) is 48.5 Å². The van der Waals surface area contributed by atoms with Crippen LogP contribution in [0.4, 0.5) is 11.4 Å². The van der Waals surface area contributed by atoms with Crippen LogP contribution in [-0.2, 0) is 11.2 Å². The molecule has 2 amide bonds. The summed E-state index contributed by atoms with van der Waals surface area (Å²) in [5.41, 5.74) is 2.87. The summed E-state index contributed by atoms with van der Waals surface area (Å²) >= 11 is 3.44. The third kappa shape index (κ3) is 8.06. The van der Waals surface area contributed by atoms with Gasteiger partial charge in [0.05, 0.1) is 12.2 Å². The number of unbranched alkanes of at least 4 members (excludes halogenated alkanes) is 2. The molecule has 0 saturated heterocycles. The predicted molar refractivity (Wildman–Crippen MR) is 137 cm³/mol. The summed E-state index contributed by atoms with van der Waals surface area (Å²) in [4.78, 5) is 25.1. The van der Waals surface area contributed by atoms with Crippen LogP contribution in [0.3, 0.4) is 0 Å². The maximum atomic E-state index is 13.0. The van der Waals surface area contributed by atoms with E-state index in [-0.39, 0.29) is 11.8 Å². The Kier molecular flexibility index (Phi) is 9.51. The van der Waals surface area contributed by atoms with Gasteiger partial charge in [0.2, 0.25) is 5.91 Å². The molecule has 0 aliphatic rings. The number of carbonyl (C=O) groups excluding carboxylic acids is 2. The molecule has 3 aromatic carbocycles. The Balaban J connectivity index is 1.63. The Morgan fingerprint density at radius 3 is 2.39 bits per heavy atom. The lowest BCUT2D eigenvalue weighted by Crippen LogP contribution is -2.15. The van der Waals surface area contributed by atoms with Crippen molar-refractivity contribution in [1.29, 1.82) is 0 Å². The molecule has 3 aromatic rings. The third-order valence-electron chi connectivity index (χ3n) is 5.09. The topological polar surface area (TPSA) is 67.4 Å². The van der Waals surface area contributed by atoms with Crippen molar-refractivity contribution in [3.8, 4) is 5.75 Å². The summed E-state index contributed by atoms with van der Waals surface area (Å²) in [7, 11) is 0. The molecule has 0 bridgehead atoms. The Bertz CT molecular complexity index is 1070. The fourth-order valence-corrected chi connectivity index (χ4v) is 3.72. The molecule has 5 nitrogen and oxygen atoms in total. The van der Waals surface area contributed by atoms with E-state index < -0.39 is 0 Å². The van der Waals surface area contributed by atoms with Crippen molar-refractivity contribution in [3.05, 3.63) is 88.4 Å². The molecule has 172 valence electrons. The van der Waals surface area contributed by atoms with Gasteiger partial charge in [0.25, 0.3) is 5.91 Å². The Hall–Kier alpha value is -3.12. The molecule has 6 heteroatoms. The Labute approximate surface area is 203 Å². The first-order chi connectivity index (χ1) is 16.0. The molecule has 0 radical (unpaired) electrons. The van der Waals surface area contributed by atoms with Crippen LogP contribution < -0.4 is 15.4 Å². The Morgan fingerprint density at radius 1 is 0.879 bits per heavy atom. The first kappa shape index (κ1) is 24.5. The van der Waals surface area contributed by atoms with Gasteiger partial charge in [-0.2, -0.15) is 0 Å². The first-order valence-electron chi connectivity index (χ1n) is 11.2. The second-order valence-corrected chi connectivity index (χ2v) is 8.68. The minimum atomic E-state index is -0.280. The lowest BCUT2D eigenvalue weighted by Gasteiger charge is -2.13. The fourth-order valence-electron chi connectivity index (χ4n) is 3.36. The largest absolute Gasteiger partial charge is 0.492 e. The molecular weight excluding hydrogens is 480 g/mol. The van der Waals surface area contributed by atoms with Crippen LogP contribution in [0, 0.1) is 0 Å². The summed E-state index contributed by atoms with van der Waals surface area (Å²) in [5, 5.41) is 5.80. The van der Waals surface area contributed by atoms with Crippen molar-refractivity contribution in [3.63, 3.8) is 0 Å². The van der Waals surface area contributed by atoms with Crippen molar-refractivity contribution in [2.45, 2.75) is 39.0 Å². The lowest BCUT2D eigenvalue weighted by atomic mass is 10.1. The van der Waals surface area contributed by atoms with Gasteiger partial charge in [-0.1, -0.05) is 72.1 Å². The zero-order chi connectivity index (χ0) is 23.5. The van der Waals surface area contributed by atoms with Gasteiger partial charge in [-0.3, -0.25) is 9.59 Å². The van der Waals surface area contributed by atoms with E-state index in [2.05, 4.69) is 33.5 Å². The number of anilines is 2. The van der Waals surface area contributed by atoms with Crippen molar-refractivity contribution < 1.29 is 14.3 Å². The maximum absolute atomic E-state index is 13.0. The quantitative estimate of drug-likeness (QED) is 0.278. The average Bonchev–Trinajstić information content (AvgIpc) is 2.81. The molecule has 0 atom stereocenters. The van der Waals surface area contributed by atoms with E-state index in [9.17, 15) is 9.59 Å². The number of hydrogen-bond acceptors (Lipinski definition) is 3. The van der Waals surface area contributed by atoms with Crippen molar-refractivity contribution in [1.82, 2.24) is 0 Å². The predicted octanol–water partition coefficient (Wildman–Crippen LogP) is 6.84. The van der Waals surface area contributed by atoms with E-state index in [1.807, 2.05) is 42.5 Å². The monoisotopic (exact) mass is 508 g/mol. The van der Waals surface area contributed by atoms with Crippen LogP contribution in [-0.4, -0.2) is 18.4 Å². The normalized spacial score (nSPS) is 10.5. The van der Waals surface area contributed by atoms with E-state index >= 15 is 0 Å². The number of amides is 2. The molecule has 0 spiro atoms. The summed E-state index contributed by atoms with van der Waals surface area (Å²) in [6.07, 6.45) is 4.22. The number of benzene rings is 3. The van der Waals surface area contributed by atoms with Crippen LogP contribution in [0.2, 0.25) is 0 Å². The van der Waals surface area contributed by atoms with Crippen LogP contribution in [0.15, 0.2) is 77.3 Å². The number of nitrogens with one attached hydrogen (secondary N) is 2. The highest BCUT2D eigenvalue weighted by Crippen LogP contribution is 2.25. The molecule has 0 aromatic heterocycles. The highest BCUT2D eigenvalue weighted by molar-refractivity contribution is 9.10. The van der Waals surface area contributed by atoms with E-state index in [1.165, 1.54) is 5.56 Å². The summed E-state index contributed by atoms with van der Waals surface area (Å²) < 4.78 is 6.73. The number of halogens is 1. The molecule has 3 rings (SSSR count). The van der Waals surface area contributed by atoms with Crippen LogP contribution in [0.5, 0.6) is 5.75 Å². The summed E-state index contributed by atoms with van der Waals surface area (Å²) in [6.45, 7) is 2.57. The third-order valence-corrected chi connectivity index (χ3v) is 5.58. The zero-order valence-electron chi connectivity index (χ0n) is 18.8. The molecule has 0 fully saturated rings. The van der Waals surface area contributed by atoms with E-state index in [4.69, 9.17) is 4.74 Å². The van der Waals surface area contributed by atoms with Gasteiger partial charge in [-0.05, 0) is 48.4 Å². The van der Waals surface area contributed by atoms with Gasteiger partial charge < -0.3 is 15.4 Å². The number of rotatable bonds is 11. The fraction of sp³-hybridized carbons (Fsp3) is 0.259. The average molecular weight is 509 g/mol. The van der Waals surface area contributed by atoms with Crippen molar-refractivity contribution in [2.24, 2.45) is 0 Å². The molecule has 0 aliphatic heterocycles. The van der Waals surface area contributed by atoms with E-state index in [1.54, 1.807) is 30.3 Å². The molecular formula is C27H29BrN2O3. The number of hydrogen-bond donors (Lipinski definition) is 2. The van der Waals surface area contributed by atoms with Crippen molar-refractivity contribution in [2.75, 3.05) is 17.2 Å². The van der Waals surface area contributed by atoms with Gasteiger partial charge >= 0.3 is 0 Å². The van der Waals surface area contributed by atoms with Gasteiger partial charge in [-0.15, -0.1) is 0 Å². The molecule has 0 aliphatic carbocycles. The highest BCUT2D eigenvalue weighted by Gasteiger charge is 2.14. The first-order valence-corrected chi connectivity index (χ1v) is 12.0. The molecule has 33 heavy (non-hydrogen) atoms. The minimum Gasteiger partial charge on any atom is -0.492 e. The number of ether oxygens (including phenoxy) is 1. The molecule has 0 unspecified atom stereocenters. The number of carbonyl (C=O) groups is 2. The van der Waals surface area contributed by atoms with Gasteiger partial charge in [0, 0.05) is 28.7 Å². The van der Waals surface area contributed by atoms with Gasteiger partial charge in [0.15, 0.2) is 0 Å².